The number of halogens is 1. The Bertz CT molecular complexity index is 987. The van der Waals surface area contributed by atoms with Crippen molar-refractivity contribution in [3.63, 3.8) is 0 Å². The van der Waals surface area contributed by atoms with Gasteiger partial charge in [-0.3, -0.25) is 14.5 Å². The van der Waals surface area contributed by atoms with Gasteiger partial charge in [-0.05, 0) is 30.2 Å². The highest BCUT2D eigenvalue weighted by molar-refractivity contribution is 6.31. The number of nitrogens with one attached hydrogen (secondary N) is 2. The van der Waals surface area contributed by atoms with Crippen molar-refractivity contribution in [3.05, 3.63) is 64.7 Å². The minimum Gasteiger partial charge on any atom is -0.324 e. The smallest absolute Gasteiger partial charge is 0.324 e. The first-order chi connectivity index (χ1) is 13.4. The molecule has 1 unspecified atom stereocenters. The van der Waals surface area contributed by atoms with Gasteiger partial charge in [0, 0.05) is 5.69 Å². The summed E-state index contributed by atoms with van der Waals surface area (Å²) in [6, 6.07) is 14.7. The van der Waals surface area contributed by atoms with Crippen LogP contribution < -0.4 is 10.6 Å². The zero-order chi connectivity index (χ0) is 20.3. The average molecular weight is 397 g/mol. The van der Waals surface area contributed by atoms with E-state index in [-0.39, 0.29) is 10.6 Å². The first-order valence-electron chi connectivity index (χ1n) is 8.60. The minimum absolute atomic E-state index is 0.212. The van der Waals surface area contributed by atoms with E-state index >= 15 is 0 Å². The summed E-state index contributed by atoms with van der Waals surface area (Å²) in [5, 5.41) is 14.6. The maximum Gasteiger partial charge on any atom is 0.325 e. The molecule has 0 aromatic heterocycles. The number of nitrogens with zero attached hydrogens (tertiary/aromatic N) is 2. The maximum absolute atomic E-state index is 13.0. The summed E-state index contributed by atoms with van der Waals surface area (Å²) in [6.07, 6.45) is 0.350. The van der Waals surface area contributed by atoms with Crippen LogP contribution in [0.5, 0.6) is 0 Å². The van der Waals surface area contributed by atoms with E-state index in [4.69, 9.17) is 16.9 Å². The number of urea groups is 1. The Labute approximate surface area is 166 Å². The van der Waals surface area contributed by atoms with Crippen LogP contribution in [0.2, 0.25) is 5.02 Å². The van der Waals surface area contributed by atoms with Gasteiger partial charge in [0.2, 0.25) is 5.91 Å². The lowest BCUT2D eigenvalue weighted by atomic mass is 9.87. The lowest BCUT2D eigenvalue weighted by Gasteiger charge is -2.25. The zero-order valence-corrected chi connectivity index (χ0v) is 15.8. The van der Waals surface area contributed by atoms with Gasteiger partial charge in [-0.1, -0.05) is 48.9 Å². The number of hydrogen-bond acceptors (Lipinski definition) is 4. The summed E-state index contributed by atoms with van der Waals surface area (Å²) >= 11 is 5.87. The number of benzene rings is 2. The molecule has 1 atom stereocenters. The lowest BCUT2D eigenvalue weighted by molar-refractivity contribution is -0.134. The molecule has 0 saturated carbocycles. The molecule has 1 aliphatic heterocycles. The number of carbonyl (C=O) groups is 3. The quantitative estimate of drug-likeness (QED) is 0.758. The van der Waals surface area contributed by atoms with Crippen LogP contribution in [0.15, 0.2) is 48.5 Å². The van der Waals surface area contributed by atoms with E-state index in [0.29, 0.717) is 17.7 Å². The molecule has 2 aromatic rings. The van der Waals surface area contributed by atoms with E-state index in [2.05, 4.69) is 10.6 Å². The van der Waals surface area contributed by atoms with Crippen LogP contribution in [0.1, 0.15) is 24.5 Å². The standard InChI is InChI=1S/C20H17ClN4O3/c1-2-20(14-6-4-3-5-7-14)18(27)25(19(28)24-20)12-17(26)23-15-8-9-16(21)13(10-15)11-22/h3-10H,2,12H2,1H3,(H,23,26)(H,24,28). The number of carbonyl (C=O) groups excluding carboxylic acids is 3. The normalized spacial score (nSPS) is 18.5. The molecule has 0 spiro atoms. The van der Waals surface area contributed by atoms with Gasteiger partial charge < -0.3 is 10.6 Å². The predicted octanol–water partition coefficient (Wildman–Crippen LogP) is 3.01. The summed E-state index contributed by atoms with van der Waals surface area (Å²) in [5.41, 5.74) is 0.0360. The monoisotopic (exact) mass is 396 g/mol. The third-order valence-electron chi connectivity index (χ3n) is 4.64. The van der Waals surface area contributed by atoms with E-state index in [1.54, 1.807) is 31.2 Å². The van der Waals surface area contributed by atoms with Gasteiger partial charge in [0.25, 0.3) is 5.91 Å². The molecular formula is C20H17ClN4O3. The molecule has 1 fully saturated rings. The first kappa shape index (κ1) is 19.4. The van der Waals surface area contributed by atoms with Gasteiger partial charge in [0.15, 0.2) is 0 Å². The van der Waals surface area contributed by atoms with E-state index < -0.39 is 29.9 Å². The fourth-order valence-corrected chi connectivity index (χ4v) is 3.32. The van der Waals surface area contributed by atoms with Crippen molar-refractivity contribution in [3.8, 4) is 6.07 Å². The summed E-state index contributed by atoms with van der Waals surface area (Å²) in [4.78, 5) is 38.7. The first-order valence-corrected chi connectivity index (χ1v) is 8.98. The molecular weight excluding hydrogens is 380 g/mol. The number of anilines is 1. The SMILES string of the molecule is CCC1(c2ccccc2)NC(=O)N(CC(=O)Nc2ccc(Cl)c(C#N)c2)C1=O. The summed E-state index contributed by atoms with van der Waals surface area (Å²) in [5.74, 6) is -1.04. The highest BCUT2D eigenvalue weighted by Crippen LogP contribution is 2.32. The molecule has 8 heteroatoms. The number of imide groups is 1. The van der Waals surface area contributed by atoms with Crippen molar-refractivity contribution in [1.29, 1.82) is 5.26 Å². The number of amides is 4. The van der Waals surface area contributed by atoms with E-state index in [1.165, 1.54) is 18.2 Å². The average Bonchev–Trinajstić information content (AvgIpc) is 2.95. The third-order valence-corrected chi connectivity index (χ3v) is 4.97. The Morgan fingerprint density at radius 3 is 2.61 bits per heavy atom. The second-order valence-corrected chi connectivity index (χ2v) is 6.71. The Kier molecular flexibility index (Phi) is 5.34. The van der Waals surface area contributed by atoms with Crippen LogP contribution in [0.3, 0.4) is 0 Å². The van der Waals surface area contributed by atoms with Crippen LogP contribution in [0, 0.1) is 11.3 Å². The topological polar surface area (TPSA) is 102 Å². The Morgan fingerprint density at radius 1 is 1.25 bits per heavy atom. The van der Waals surface area contributed by atoms with Gasteiger partial charge in [0.1, 0.15) is 18.2 Å². The molecule has 3 rings (SSSR count). The molecule has 0 bridgehead atoms. The molecule has 1 heterocycles. The molecule has 2 aromatic carbocycles. The minimum atomic E-state index is -1.19. The van der Waals surface area contributed by atoms with Gasteiger partial charge in [-0.2, -0.15) is 5.26 Å². The van der Waals surface area contributed by atoms with Crippen molar-refractivity contribution >= 4 is 35.1 Å². The van der Waals surface area contributed by atoms with Crippen LogP contribution in [-0.4, -0.2) is 29.3 Å². The molecule has 0 aliphatic carbocycles. The Morgan fingerprint density at radius 2 is 1.96 bits per heavy atom. The summed E-state index contributed by atoms with van der Waals surface area (Å²) in [7, 11) is 0. The second-order valence-electron chi connectivity index (χ2n) is 6.30. The highest BCUT2D eigenvalue weighted by Gasteiger charge is 2.51. The van der Waals surface area contributed by atoms with E-state index in [1.807, 2.05) is 12.1 Å². The van der Waals surface area contributed by atoms with E-state index in [9.17, 15) is 14.4 Å². The Balaban J connectivity index is 1.77. The number of rotatable bonds is 5. The van der Waals surface area contributed by atoms with Gasteiger partial charge >= 0.3 is 6.03 Å². The summed E-state index contributed by atoms with van der Waals surface area (Å²) in [6.45, 7) is 1.36. The number of hydrogen-bond donors (Lipinski definition) is 2. The fourth-order valence-electron chi connectivity index (χ4n) is 3.16. The largest absolute Gasteiger partial charge is 0.325 e. The van der Waals surface area contributed by atoms with E-state index in [0.717, 1.165) is 4.90 Å². The van der Waals surface area contributed by atoms with Gasteiger partial charge in [-0.25, -0.2) is 4.79 Å². The number of nitriles is 1. The molecule has 1 saturated heterocycles. The Hall–Kier alpha value is -3.37. The molecule has 4 amide bonds. The van der Waals surface area contributed by atoms with Crippen molar-refractivity contribution in [2.45, 2.75) is 18.9 Å². The third kappa shape index (κ3) is 3.42. The van der Waals surface area contributed by atoms with Crippen LogP contribution >= 0.6 is 11.6 Å². The molecule has 0 radical (unpaired) electrons. The van der Waals surface area contributed by atoms with Crippen LogP contribution in [0.25, 0.3) is 0 Å². The fraction of sp³-hybridized carbons (Fsp3) is 0.200. The maximum atomic E-state index is 13.0. The van der Waals surface area contributed by atoms with Crippen LogP contribution in [-0.2, 0) is 15.1 Å². The highest BCUT2D eigenvalue weighted by atomic mass is 35.5. The van der Waals surface area contributed by atoms with Crippen molar-refractivity contribution < 1.29 is 14.4 Å². The van der Waals surface area contributed by atoms with Crippen molar-refractivity contribution in [2.24, 2.45) is 0 Å². The predicted molar refractivity (Wildman–Crippen MR) is 103 cm³/mol. The van der Waals surface area contributed by atoms with Gasteiger partial charge in [-0.15, -0.1) is 0 Å². The van der Waals surface area contributed by atoms with Gasteiger partial charge in [0.05, 0.1) is 10.6 Å². The molecule has 2 N–H and O–H groups in total. The van der Waals surface area contributed by atoms with Crippen molar-refractivity contribution in [1.82, 2.24) is 10.2 Å². The zero-order valence-electron chi connectivity index (χ0n) is 15.0. The van der Waals surface area contributed by atoms with Crippen molar-refractivity contribution in [2.75, 3.05) is 11.9 Å². The van der Waals surface area contributed by atoms with Crippen LogP contribution in [0.4, 0.5) is 10.5 Å². The molecule has 28 heavy (non-hydrogen) atoms. The molecule has 1 aliphatic rings. The summed E-state index contributed by atoms with van der Waals surface area (Å²) < 4.78 is 0. The second kappa shape index (κ2) is 7.71. The molecule has 7 nitrogen and oxygen atoms in total. The molecule has 142 valence electrons. The lowest BCUT2D eigenvalue weighted by Crippen LogP contribution is -2.44.